The van der Waals surface area contributed by atoms with Gasteiger partial charge in [-0.05, 0) is 38.1 Å². The van der Waals surface area contributed by atoms with Gasteiger partial charge in [-0.15, -0.1) is 0 Å². The molecular weight excluding hydrogens is 372 g/mol. The van der Waals surface area contributed by atoms with Gasteiger partial charge in [0, 0.05) is 17.8 Å². The maximum Gasteiger partial charge on any atom is 0.387 e. The summed E-state index contributed by atoms with van der Waals surface area (Å²) in [5.41, 5.74) is 0.0170. The number of alkyl halides is 4. The number of hydrogen-bond donors (Lipinski definition) is 2. The third-order valence-electron chi connectivity index (χ3n) is 2.97. The lowest BCUT2D eigenvalue weighted by Gasteiger charge is -2.13. The predicted molar refractivity (Wildman–Crippen MR) is 88.0 cm³/mol. The first-order chi connectivity index (χ1) is 12.7. The molecule has 0 fully saturated rings. The minimum Gasteiger partial charge on any atom is -0.435 e. The zero-order valence-electron chi connectivity index (χ0n) is 14.2. The Kier molecular flexibility index (Phi) is 6.74. The second-order valence-corrected chi connectivity index (χ2v) is 5.43. The van der Waals surface area contributed by atoms with E-state index in [1.54, 1.807) is 13.8 Å². The smallest absolute Gasteiger partial charge is 0.387 e. The van der Waals surface area contributed by atoms with Crippen LogP contribution in [0.2, 0.25) is 0 Å². The van der Waals surface area contributed by atoms with E-state index in [2.05, 4.69) is 30.1 Å². The maximum atomic E-state index is 12.6. The Bertz CT molecular complexity index is 790. The van der Waals surface area contributed by atoms with Crippen LogP contribution in [0.3, 0.4) is 0 Å². The van der Waals surface area contributed by atoms with Crippen LogP contribution in [-0.4, -0.2) is 35.3 Å². The third kappa shape index (κ3) is 6.28. The minimum absolute atomic E-state index is 0.0387. The van der Waals surface area contributed by atoms with Crippen LogP contribution in [0, 0.1) is 0 Å². The van der Waals surface area contributed by atoms with E-state index < -0.39 is 19.3 Å². The van der Waals surface area contributed by atoms with Gasteiger partial charge < -0.3 is 14.8 Å². The van der Waals surface area contributed by atoms with Gasteiger partial charge >= 0.3 is 19.3 Å². The molecular formula is C16H16F4N4O3. The first-order valence-corrected chi connectivity index (χ1v) is 7.69. The van der Waals surface area contributed by atoms with E-state index in [1.165, 1.54) is 12.3 Å². The molecule has 0 saturated heterocycles. The fourth-order valence-electron chi connectivity index (χ4n) is 2.05. The normalized spacial score (nSPS) is 11.0. The van der Waals surface area contributed by atoms with E-state index in [0.717, 1.165) is 18.2 Å². The first-order valence-electron chi connectivity index (χ1n) is 7.69. The Balaban J connectivity index is 2.36. The molecule has 1 aromatic carbocycles. The van der Waals surface area contributed by atoms with Gasteiger partial charge in [-0.1, -0.05) is 0 Å². The average molecular weight is 388 g/mol. The fraction of sp³-hybridized carbons (Fsp3) is 0.312. The number of amides is 2. The summed E-state index contributed by atoms with van der Waals surface area (Å²) < 4.78 is 58.8. The summed E-state index contributed by atoms with van der Waals surface area (Å²) in [4.78, 5) is 19.6. The number of nitrogens with zero attached hydrogens (tertiary/aromatic N) is 2. The van der Waals surface area contributed by atoms with Crippen LogP contribution in [0.1, 0.15) is 13.8 Å². The number of anilines is 1. The Hall–Kier alpha value is -3.11. The zero-order chi connectivity index (χ0) is 20.0. The third-order valence-corrected chi connectivity index (χ3v) is 2.97. The van der Waals surface area contributed by atoms with Gasteiger partial charge in [0.15, 0.2) is 0 Å². The molecule has 27 heavy (non-hydrogen) atoms. The molecule has 2 amide bonds. The summed E-state index contributed by atoms with van der Waals surface area (Å²) in [7, 11) is 0. The molecule has 11 heteroatoms. The molecule has 1 heterocycles. The molecule has 0 aliphatic carbocycles. The van der Waals surface area contributed by atoms with Gasteiger partial charge in [0.2, 0.25) is 5.95 Å². The molecule has 1 aromatic heterocycles. The number of rotatable bonds is 7. The maximum absolute atomic E-state index is 12.6. The number of urea groups is 1. The lowest BCUT2D eigenvalue weighted by atomic mass is 10.1. The van der Waals surface area contributed by atoms with Crippen LogP contribution in [0.4, 0.5) is 28.3 Å². The lowest BCUT2D eigenvalue weighted by molar-refractivity contribution is -0.0526. The molecule has 2 N–H and O–H groups in total. The molecule has 0 unspecified atom stereocenters. The lowest BCUT2D eigenvalue weighted by Crippen LogP contribution is -2.34. The van der Waals surface area contributed by atoms with E-state index >= 15 is 0 Å². The average Bonchev–Trinajstić information content (AvgIpc) is 2.54. The van der Waals surface area contributed by atoms with Gasteiger partial charge in [0.05, 0.1) is 5.69 Å². The van der Waals surface area contributed by atoms with Crippen LogP contribution >= 0.6 is 0 Å². The molecule has 0 aliphatic heterocycles. The van der Waals surface area contributed by atoms with Crippen molar-refractivity contribution in [3.05, 3.63) is 30.5 Å². The predicted octanol–water partition coefficient (Wildman–Crippen LogP) is 3.88. The van der Waals surface area contributed by atoms with Gasteiger partial charge in [0.1, 0.15) is 11.5 Å². The summed E-state index contributed by atoms with van der Waals surface area (Å²) in [6.07, 6.45) is 1.26. The molecule has 2 rings (SSSR count). The van der Waals surface area contributed by atoms with Gasteiger partial charge in [0.25, 0.3) is 0 Å². The molecule has 2 aromatic rings. The van der Waals surface area contributed by atoms with E-state index in [1.807, 2.05) is 0 Å². The number of ether oxygens (including phenoxy) is 2. The van der Waals surface area contributed by atoms with Crippen LogP contribution in [0.25, 0.3) is 11.3 Å². The summed E-state index contributed by atoms with van der Waals surface area (Å²) in [6, 6.07) is 3.82. The highest BCUT2D eigenvalue weighted by Crippen LogP contribution is 2.34. The van der Waals surface area contributed by atoms with Crippen LogP contribution in [0.15, 0.2) is 30.5 Å². The Morgan fingerprint density at radius 3 is 2.41 bits per heavy atom. The molecule has 0 atom stereocenters. The topological polar surface area (TPSA) is 85.4 Å². The SMILES string of the molecule is CC(C)NC(=O)Nc1nccc(-c2cc(OC(F)F)ccc2OC(F)F)n1. The highest BCUT2D eigenvalue weighted by atomic mass is 19.3. The zero-order valence-corrected chi connectivity index (χ0v) is 14.2. The van der Waals surface area contributed by atoms with Gasteiger partial charge in [-0.3, -0.25) is 5.32 Å². The Morgan fingerprint density at radius 1 is 1.07 bits per heavy atom. The Labute approximate surface area is 151 Å². The minimum atomic E-state index is -3.14. The van der Waals surface area contributed by atoms with Crippen molar-refractivity contribution in [2.45, 2.75) is 33.1 Å². The van der Waals surface area contributed by atoms with E-state index in [0.29, 0.717) is 0 Å². The first kappa shape index (κ1) is 20.2. The molecule has 7 nitrogen and oxygen atoms in total. The van der Waals surface area contributed by atoms with Gasteiger partial charge in [-0.25, -0.2) is 14.8 Å². The number of carbonyl (C=O) groups is 1. The molecule has 146 valence electrons. The molecule has 0 aliphatic rings. The van der Waals surface area contributed by atoms with Crippen LogP contribution in [0.5, 0.6) is 11.5 Å². The van der Waals surface area contributed by atoms with Crippen molar-refractivity contribution in [2.24, 2.45) is 0 Å². The van der Waals surface area contributed by atoms with Crippen LogP contribution in [-0.2, 0) is 0 Å². The second-order valence-electron chi connectivity index (χ2n) is 5.43. The largest absolute Gasteiger partial charge is 0.435 e. The fourth-order valence-corrected chi connectivity index (χ4v) is 2.05. The number of aromatic nitrogens is 2. The Morgan fingerprint density at radius 2 is 1.78 bits per heavy atom. The second kappa shape index (κ2) is 9.01. The summed E-state index contributed by atoms with van der Waals surface area (Å²) in [5.74, 6) is -0.691. The number of benzene rings is 1. The van der Waals surface area contributed by atoms with E-state index in [-0.39, 0.29) is 34.7 Å². The van der Waals surface area contributed by atoms with Crippen molar-refractivity contribution in [2.75, 3.05) is 5.32 Å². The molecule has 0 radical (unpaired) electrons. The van der Waals surface area contributed by atoms with Crippen molar-refractivity contribution in [1.29, 1.82) is 0 Å². The quantitative estimate of drug-likeness (QED) is 0.704. The van der Waals surface area contributed by atoms with Crippen molar-refractivity contribution in [3.63, 3.8) is 0 Å². The van der Waals surface area contributed by atoms with Crippen LogP contribution < -0.4 is 20.1 Å². The highest BCUT2D eigenvalue weighted by molar-refractivity contribution is 5.87. The van der Waals surface area contributed by atoms with Crippen molar-refractivity contribution in [3.8, 4) is 22.8 Å². The number of nitrogens with one attached hydrogen (secondary N) is 2. The van der Waals surface area contributed by atoms with Crippen molar-refractivity contribution >= 4 is 12.0 Å². The standard InChI is InChI=1S/C16H16F4N4O3/c1-8(2)22-16(25)24-15-21-6-5-11(23-15)10-7-9(26-13(17)18)3-4-12(10)27-14(19)20/h3-8,13-14H,1-2H3,(H2,21,22,23,24,25). The summed E-state index contributed by atoms with van der Waals surface area (Å²) in [6.45, 7) is -2.73. The van der Waals surface area contributed by atoms with E-state index in [9.17, 15) is 22.4 Å². The monoisotopic (exact) mass is 388 g/mol. The van der Waals surface area contributed by atoms with Crippen molar-refractivity contribution in [1.82, 2.24) is 15.3 Å². The molecule has 0 saturated carbocycles. The van der Waals surface area contributed by atoms with Gasteiger partial charge in [-0.2, -0.15) is 17.6 Å². The summed E-state index contributed by atoms with van der Waals surface area (Å²) >= 11 is 0. The molecule has 0 bridgehead atoms. The number of carbonyl (C=O) groups excluding carboxylic acids is 1. The molecule has 0 spiro atoms. The number of halogens is 4. The highest BCUT2D eigenvalue weighted by Gasteiger charge is 2.16. The number of hydrogen-bond acceptors (Lipinski definition) is 5. The van der Waals surface area contributed by atoms with Crippen molar-refractivity contribution < 1.29 is 31.8 Å². The van der Waals surface area contributed by atoms with E-state index in [4.69, 9.17) is 0 Å². The summed E-state index contributed by atoms with van der Waals surface area (Å²) in [5, 5.41) is 4.94.